The van der Waals surface area contributed by atoms with E-state index in [2.05, 4.69) is 79.8 Å². The average molecular weight is 2030 g/mol. The normalized spacial score (nSPS) is 24.2. The highest BCUT2D eigenvalue weighted by Crippen LogP contribution is 2.30. The summed E-state index contributed by atoms with van der Waals surface area (Å²) >= 11 is 0. The van der Waals surface area contributed by atoms with Crippen LogP contribution in [0.15, 0.2) is 48.5 Å². The molecule has 748 valence electrons. The topological polar surface area (TPSA) is 846 Å². The fraction of sp³-hybridized carbons (Fsp3) is 0.551. The Hall–Kier alpha value is -12.2. The number of hydrogen-bond donors (Lipinski definition) is 28. The number of aliphatic hydroxyl groups excluding tert-OH is 3. The number of benzene rings is 2. The minimum atomic E-state index is -2.18. The molecule has 58 heteroatoms. The monoisotopic (exact) mass is 2030 g/mol. The molecule has 4 fully saturated rings. The number of carbonyl (C=O) groups is 23. The van der Waals surface area contributed by atoms with Gasteiger partial charge >= 0.3 is 11.9 Å². The molecule has 19 atom stereocenters. The molecule has 0 spiro atoms. The molecule has 136 heavy (non-hydrogen) atoms. The molecule has 4 bridgehead atoms. The molecule has 0 aromatic heterocycles. The van der Waals surface area contributed by atoms with E-state index >= 15 is 38.4 Å². The third-order valence-electron chi connectivity index (χ3n) is 20.3. The molecular weight excluding hydrogens is 1920 g/mol. The molecule has 6 rings (SSSR count). The van der Waals surface area contributed by atoms with Gasteiger partial charge in [0.05, 0.1) is 51.2 Å². The smallest absolute Gasteiger partial charge is 0.326 e. The van der Waals surface area contributed by atoms with Gasteiger partial charge in [-0.15, -0.1) is 0 Å². The van der Waals surface area contributed by atoms with Crippen LogP contribution in [-0.2, 0) is 123 Å². The van der Waals surface area contributed by atoms with Gasteiger partial charge in [0.1, 0.15) is 108 Å². The number of carbonyl (C=O) groups excluding carboxylic acids is 21. The largest absolute Gasteiger partial charge is 0.508 e. The van der Waals surface area contributed by atoms with E-state index in [9.17, 15) is 108 Å². The minimum Gasteiger partial charge on any atom is -0.508 e. The summed E-state index contributed by atoms with van der Waals surface area (Å²) in [6, 6.07) is -23.3. The molecule has 2 aromatic rings. The van der Waals surface area contributed by atoms with Crippen molar-refractivity contribution in [3.05, 3.63) is 59.7 Å². The highest BCUT2D eigenvalue weighted by atomic mass is 33.1. The summed E-state index contributed by atoms with van der Waals surface area (Å²) in [4.78, 5) is 328. The number of carboxylic acids is 2. The fourth-order valence-electron chi connectivity index (χ4n) is 13.1. The van der Waals surface area contributed by atoms with Gasteiger partial charge in [-0.3, -0.25) is 105 Å². The van der Waals surface area contributed by atoms with Gasteiger partial charge in [-0.05, 0) is 80.8 Å². The summed E-state index contributed by atoms with van der Waals surface area (Å²) in [5.41, 5.74) is 22.4. The quantitative estimate of drug-likeness (QED) is 0.0246. The van der Waals surface area contributed by atoms with Crippen molar-refractivity contribution in [1.82, 2.24) is 95.3 Å². The first-order valence-corrected chi connectivity index (χ1v) is 49.2. The van der Waals surface area contributed by atoms with Gasteiger partial charge in [0.25, 0.3) is 5.91 Å². The minimum absolute atomic E-state index is 0.0728. The number of nitrogens with one attached hydrogen (secondary N) is 17. The van der Waals surface area contributed by atoms with Gasteiger partial charge in [0.15, 0.2) is 5.37 Å². The number of nitrogens with zero attached hydrogens (tertiary/aromatic N) is 1. The number of fused-ring (bicyclic) bond motifs is 20. The number of rotatable bonds is 31. The molecule has 21 amide bonds. The van der Waals surface area contributed by atoms with Crippen molar-refractivity contribution < 1.29 is 146 Å². The van der Waals surface area contributed by atoms with Crippen molar-refractivity contribution in [3.8, 4) is 11.5 Å². The van der Waals surface area contributed by atoms with Crippen molar-refractivity contribution in [3.63, 3.8) is 0 Å². The average Bonchev–Trinajstić information content (AvgIpc) is 1.64. The molecule has 0 saturated carbocycles. The molecule has 0 radical (unpaired) electrons. The molecule has 0 unspecified atom stereocenters. The van der Waals surface area contributed by atoms with Gasteiger partial charge in [-0.25, -0.2) is 4.79 Å². The van der Waals surface area contributed by atoms with Crippen molar-refractivity contribution >= 4 is 201 Å². The van der Waals surface area contributed by atoms with E-state index in [4.69, 9.17) is 22.9 Å². The lowest BCUT2D eigenvalue weighted by Gasteiger charge is -2.30. The van der Waals surface area contributed by atoms with Gasteiger partial charge in [0.2, 0.25) is 118 Å². The van der Waals surface area contributed by atoms with Gasteiger partial charge < -0.3 is 154 Å². The van der Waals surface area contributed by atoms with Crippen molar-refractivity contribution in [1.29, 1.82) is 0 Å². The van der Waals surface area contributed by atoms with E-state index < -0.39 is 350 Å². The third-order valence-corrected chi connectivity index (χ3v) is 27.7. The van der Waals surface area contributed by atoms with E-state index in [0.717, 1.165) is 30.9 Å². The Morgan fingerprint density at radius 1 is 0.485 bits per heavy atom. The lowest BCUT2D eigenvalue weighted by Crippen LogP contribution is -2.62. The van der Waals surface area contributed by atoms with E-state index in [1.165, 1.54) is 36.4 Å². The highest BCUT2D eigenvalue weighted by molar-refractivity contribution is 8.77. The van der Waals surface area contributed by atoms with E-state index in [0.29, 0.717) is 64.8 Å². The number of nitrogens with two attached hydrogens (primary N) is 4. The van der Waals surface area contributed by atoms with Gasteiger partial charge in [-0.2, -0.15) is 0 Å². The number of carboxylic acid groups (broad SMARTS) is 2. The molecule has 4 heterocycles. The first kappa shape index (κ1) is 113. The lowest BCUT2D eigenvalue weighted by molar-refractivity contribution is -0.143. The predicted octanol–water partition coefficient (Wildman–Crippen LogP) is -11.8. The first-order valence-electron chi connectivity index (χ1n) is 41.9. The van der Waals surface area contributed by atoms with Crippen LogP contribution in [0.5, 0.6) is 11.5 Å². The molecule has 4 aliphatic heterocycles. The molecule has 52 nitrogen and oxygen atoms in total. The Bertz CT molecular complexity index is 4730. The second-order valence-corrected chi connectivity index (χ2v) is 39.4. The zero-order chi connectivity index (χ0) is 101. The van der Waals surface area contributed by atoms with Crippen molar-refractivity contribution in [2.75, 3.05) is 55.1 Å². The van der Waals surface area contributed by atoms with E-state index in [-0.39, 0.29) is 48.4 Å². The molecule has 2 aromatic carbocycles. The van der Waals surface area contributed by atoms with Crippen LogP contribution in [0, 0.1) is 5.92 Å². The molecule has 4 saturated heterocycles. The number of phenols is 2. The Morgan fingerprint density at radius 3 is 1.47 bits per heavy atom. The number of amides is 21. The van der Waals surface area contributed by atoms with Crippen LogP contribution in [-0.4, -0.2) is 346 Å². The maximum absolute atomic E-state index is 15.6. The highest BCUT2D eigenvalue weighted by Gasteiger charge is 2.44. The van der Waals surface area contributed by atoms with Crippen LogP contribution in [0.25, 0.3) is 0 Å². The van der Waals surface area contributed by atoms with Crippen LogP contribution in [0.2, 0.25) is 0 Å². The summed E-state index contributed by atoms with van der Waals surface area (Å²) in [6.45, 7) is 1.42. The Labute approximate surface area is 798 Å². The van der Waals surface area contributed by atoms with Gasteiger partial charge in [0, 0.05) is 54.6 Å². The second-order valence-electron chi connectivity index (χ2n) is 31.8. The Morgan fingerprint density at radius 2 is 0.949 bits per heavy atom. The van der Waals surface area contributed by atoms with Crippen molar-refractivity contribution in [2.24, 2.45) is 28.9 Å². The number of phenolic OH excluding ortho intramolecular Hbond substituents is 2. The summed E-state index contributed by atoms with van der Waals surface area (Å²) in [7, 11) is 3.20. The number of aliphatic carboxylic acids is 2. The van der Waals surface area contributed by atoms with Crippen LogP contribution < -0.4 is 113 Å². The third kappa shape index (κ3) is 36.8. The summed E-state index contributed by atoms with van der Waals surface area (Å²) < 4.78 is 0. The Kier molecular flexibility index (Phi) is 45.6. The number of aromatic hydroxyl groups is 2. The standard InChI is InChI=1S/C78H110N22O30S6/c1-32(2)18-41-63(115)95-52-31-135-136-76(75(127)90-45(78(129)130)20-36-9-13-38(105)14-10-36)98-57(109)24-83-74(126)59(34(4)103)99-72(124)51-30-134-131-27-48(68(120)85-40(62(114)86-41)15-16-58(110)111)96-70(122)50(29-133-132-28-49(97-71(52)123)69(121)89-44(23-56(82)108)77(128)100-17-5-6-53(100)73(125)84-33(3)60(112)93-51)94-64(116)42(19-35-7-11-37(104)12-8-35)87-65(117)43(22-55(81)107)88-66(118)47(26-102)92-67(119)46(25-101)91-61(113)39(79)21-54(80)106/h7-14,32-34,39-53,59,76,101-105H,5-6,15-31,79H2,1-4H3,(H2,80,106)(H2,81,107)(H2,82,108)(H,83,126)(H,84,125)(H,85,120)(H,86,114)(H,87,117)(H,88,118)(H,89,121)(H,90,127)(H,91,113)(H,92,119)(H,93,112)(H,94,116)(H,95,115)(H,96,122)(H,97,123)(H,98,109)(H,99,124)(H,110,111)(H,129,130)/t33-,34+,39-,40-,41-,42-,43-,44-,45-,46-,47-,48-,49-,50-,51-,52-,53-,59-,76-/m0/s1. The summed E-state index contributed by atoms with van der Waals surface area (Å²) in [6.07, 6.45) is -8.08. The summed E-state index contributed by atoms with van der Waals surface area (Å²) in [5, 5.41) is 110. The molecular formula is C78H110N22O30S6. The predicted molar refractivity (Wildman–Crippen MR) is 487 cm³/mol. The van der Waals surface area contributed by atoms with Crippen LogP contribution in [0.1, 0.15) is 90.2 Å². The number of primary amides is 3. The van der Waals surface area contributed by atoms with Crippen LogP contribution >= 0.6 is 64.8 Å². The molecule has 32 N–H and O–H groups in total. The van der Waals surface area contributed by atoms with Crippen molar-refractivity contribution in [2.45, 2.75) is 206 Å². The SMILES string of the molecule is CC(C)C[C@@H]1NC(=O)[C@H](CCC(=O)O)NC(=O)[C@@H]2CSSC[C@@H]3NC(=O)[C@H](C)NC(=O)[C@@H]4CCCN4C(=O)[C@H](CC(N)=O)NC(=O)[C@H](CSSC[C@H](NC(=O)[C@H](Cc4ccc(O)cc4)NC(=O)[C@H](CC(N)=O)NC(=O)[C@H](CO)NC(=O)[C@H](CO)NC(=O)[C@@H](N)CC(N)=O)C(=O)N2)NC(=O)[C@H](CSS[C@@H](C(=O)N[C@@H](Cc2ccc(O)cc2)C(=O)O)NC(=O)CNC(=O)[C@H]([C@@H](C)O)NC3=O)NC1=O. The zero-order valence-corrected chi connectivity index (χ0v) is 78.2. The Balaban J connectivity index is 1.61. The maximum atomic E-state index is 15.6. The summed E-state index contributed by atoms with van der Waals surface area (Å²) in [5.74, 6) is -35.2. The number of hydrogen-bond acceptors (Lipinski definition) is 35. The fourth-order valence-corrected chi connectivity index (χ4v) is 20.2. The maximum Gasteiger partial charge on any atom is 0.326 e. The van der Waals surface area contributed by atoms with Crippen LogP contribution in [0.3, 0.4) is 0 Å². The first-order chi connectivity index (χ1) is 64.1. The lowest BCUT2D eigenvalue weighted by atomic mass is 10.0. The zero-order valence-electron chi connectivity index (χ0n) is 73.3. The van der Waals surface area contributed by atoms with Crippen LogP contribution in [0.4, 0.5) is 0 Å². The molecule has 0 aliphatic carbocycles. The van der Waals surface area contributed by atoms with E-state index in [1.54, 1.807) is 13.8 Å². The van der Waals surface area contributed by atoms with E-state index in [1.807, 2.05) is 10.6 Å². The second kappa shape index (κ2) is 55.1. The molecule has 4 aliphatic rings. The number of aliphatic hydroxyl groups is 3. The van der Waals surface area contributed by atoms with Gasteiger partial charge in [-0.1, -0.05) is 103 Å².